The van der Waals surface area contributed by atoms with Crippen LogP contribution in [0.15, 0.2) is 28.9 Å². The number of ether oxygens (including phenoxy) is 1. The van der Waals surface area contributed by atoms with Crippen molar-refractivity contribution in [3.8, 4) is 5.75 Å². The van der Waals surface area contributed by atoms with Crippen LogP contribution in [0.5, 0.6) is 5.75 Å². The van der Waals surface area contributed by atoms with E-state index in [2.05, 4.69) is 27.2 Å². The molecule has 7 nitrogen and oxygen atoms in total. The predicted octanol–water partition coefficient (Wildman–Crippen LogP) is 2.85. The van der Waals surface area contributed by atoms with Crippen molar-refractivity contribution in [2.45, 2.75) is 20.0 Å². The number of hydrogen-bond donors (Lipinski definition) is 1. The number of fused-ring (bicyclic) bond motifs is 1. The van der Waals surface area contributed by atoms with Crippen LogP contribution in [0, 0.1) is 12.8 Å². The number of aromatic nitrogens is 2. The molecule has 0 unspecified atom stereocenters. The smallest absolute Gasteiger partial charge is 0.273 e. The summed E-state index contributed by atoms with van der Waals surface area (Å²) in [6.45, 7) is 4.90. The summed E-state index contributed by atoms with van der Waals surface area (Å²) in [5.74, 6) is 1.36. The first-order valence-electron chi connectivity index (χ1n) is 8.98. The van der Waals surface area contributed by atoms with Gasteiger partial charge in [-0.3, -0.25) is 4.79 Å². The van der Waals surface area contributed by atoms with E-state index in [-0.39, 0.29) is 18.2 Å². The van der Waals surface area contributed by atoms with Crippen molar-refractivity contribution in [3.05, 3.63) is 41.1 Å². The third-order valence-corrected chi connectivity index (χ3v) is 5.60. The fourth-order valence-corrected chi connectivity index (χ4v) is 4.07. The van der Waals surface area contributed by atoms with Gasteiger partial charge in [-0.05, 0) is 45.0 Å². The number of nitrogens with zero attached hydrogens (tertiary/aromatic N) is 3. The second-order valence-electron chi connectivity index (χ2n) is 6.90. The molecule has 1 aliphatic heterocycles. The van der Waals surface area contributed by atoms with Crippen LogP contribution < -0.4 is 10.1 Å². The Hall–Kier alpha value is -2.45. The Bertz CT molecular complexity index is 951. The minimum Gasteiger partial charge on any atom is -0.484 e. The topological polar surface area (TPSA) is 80.5 Å². The maximum Gasteiger partial charge on any atom is 0.273 e. The molecule has 1 aromatic carbocycles. The fourth-order valence-electron chi connectivity index (χ4n) is 3.26. The summed E-state index contributed by atoms with van der Waals surface area (Å²) in [7, 11) is 2.10. The van der Waals surface area contributed by atoms with Gasteiger partial charge in [0.1, 0.15) is 12.0 Å². The van der Waals surface area contributed by atoms with Crippen molar-refractivity contribution in [1.82, 2.24) is 20.2 Å². The van der Waals surface area contributed by atoms with E-state index >= 15 is 0 Å². The molecule has 2 aromatic heterocycles. The average Bonchev–Trinajstić information content (AvgIpc) is 3.36. The fraction of sp³-hybridized carbons (Fsp3) is 0.421. The molecule has 1 aliphatic rings. The van der Waals surface area contributed by atoms with Gasteiger partial charge in [0.05, 0.1) is 15.2 Å². The first kappa shape index (κ1) is 17.9. The standard InChI is InChI=1S/C19H22N4O3S/c1-12-21-15-7-14(3-4-17(15)27-12)25-11-18-22-16(10-26-18)19(24)20-8-13-5-6-23(2)9-13/h3-4,7,10,13H,5-6,8-9,11H2,1-2H3,(H,20,24)/t13-/m0/s1. The van der Waals surface area contributed by atoms with Crippen LogP contribution in [0.25, 0.3) is 10.2 Å². The van der Waals surface area contributed by atoms with Gasteiger partial charge in [0.2, 0.25) is 5.89 Å². The number of likely N-dealkylation sites (tertiary alicyclic amines) is 1. The lowest BCUT2D eigenvalue weighted by atomic mass is 10.1. The van der Waals surface area contributed by atoms with E-state index in [0.717, 1.165) is 34.7 Å². The third-order valence-electron chi connectivity index (χ3n) is 4.65. The Morgan fingerprint density at radius 1 is 1.44 bits per heavy atom. The van der Waals surface area contributed by atoms with Gasteiger partial charge in [-0.15, -0.1) is 11.3 Å². The number of nitrogens with one attached hydrogen (secondary N) is 1. The summed E-state index contributed by atoms with van der Waals surface area (Å²) >= 11 is 1.65. The van der Waals surface area contributed by atoms with Gasteiger partial charge in [0, 0.05) is 19.2 Å². The number of rotatable bonds is 6. The zero-order chi connectivity index (χ0) is 18.8. The highest BCUT2D eigenvalue weighted by molar-refractivity contribution is 7.18. The SMILES string of the molecule is Cc1nc2cc(OCc3nc(C(=O)NC[C@@H]4CCN(C)C4)co3)ccc2s1. The molecule has 1 saturated heterocycles. The molecule has 0 saturated carbocycles. The molecular formula is C19H22N4O3S. The van der Waals surface area contributed by atoms with E-state index in [9.17, 15) is 4.79 Å². The normalized spacial score (nSPS) is 17.5. The summed E-state index contributed by atoms with van der Waals surface area (Å²) in [6, 6.07) is 5.79. The molecular weight excluding hydrogens is 364 g/mol. The van der Waals surface area contributed by atoms with Crippen LogP contribution >= 0.6 is 11.3 Å². The number of aryl methyl sites for hydroxylation is 1. The van der Waals surface area contributed by atoms with Gasteiger partial charge in [0.25, 0.3) is 5.91 Å². The number of benzene rings is 1. The van der Waals surface area contributed by atoms with Crippen molar-refractivity contribution in [2.75, 3.05) is 26.7 Å². The van der Waals surface area contributed by atoms with Crippen LogP contribution in [0.4, 0.5) is 0 Å². The average molecular weight is 386 g/mol. The summed E-state index contributed by atoms with van der Waals surface area (Å²) in [6.07, 6.45) is 2.49. The Morgan fingerprint density at radius 2 is 2.33 bits per heavy atom. The zero-order valence-corrected chi connectivity index (χ0v) is 16.2. The highest BCUT2D eigenvalue weighted by Gasteiger charge is 2.21. The Kier molecular flexibility index (Phi) is 5.09. The monoisotopic (exact) mass is 386 g/mol. The van der Waals surface area contributed by atoms with E-state index in [1.54, 1.807) is 11.3 Å². The van der Waals surface area contributed by atoms with E-state index < -0.39 is 0 Å². The number of oxazole rings is 1. The van der Waals surface area contributed by atoms with Gasteiger partial charge in [-0.2, -0.15) is 0 Å². The first-order chi connectivity index (χ1) is 13.1. The summed E-state index contributed by atoms with van der Waals surface area (Å²) in [4.78, 5) is 23.2. The number of amides is 1. The molecule has 1 amide bonds. The summed E-state index contributed by atoms with van der Waals surface area (Å²) in [5, 5.41) is 3.96. The molecule has 3 heterocycles. The molecule has 1 atom stereocenters. The van der Waals surface area contributed by atoms with Crippen LogP contribution in [-0.2, 0) is 6.61 Å². The second kappa shape index (κ2) is 7.66. The summed E-state index contributed by atoms with van der Waals surface area (Å²) in [5.41, 5.74) is 1.20. The maximum absolute atomic E-state index is 12.2. The largest absolute Gasteiger partial charge is 0.484 e. The number of carbonyl (C=O) groups is 1. The lowest BCUT2D eigenvalue weighted by molar-refractivity contribution is 0.0942. The molecule has 0 aliphatic carbocycles. The Balaban J connectivity index is 1.31. The van der Waals surface area contributed by atoms with E-state index in [1.807, 2.05) is 25.1 Å². The quantitative estimate of drug-likeness (QED) is 0.702. The van der Waals surface area contributed by atoms with Crippen LogP contribution in [0.3, 0.4) is 0 Å². The molecule has 4 rings (SSSR count). The van der Waals surface area contributed by atoms with Crippen LogP contribution in [0.1, 0.15) is 27.8 Å². The van der Waals surface area contributed by atoms with Gasteiger partial charge in [0.15, 0.2) is 12.3 Å². The van der Waals surface area contributed by atoms with Gasteiger partial charge in [-0.25, -0.2) is 9.97 Å². The number of carbonyl (C=O) groups excluding carboxylic acids is 1. The molecule has 142 valence electrons. The Labute approximate surface area is 161 Å². The van der Waals surface area contributed by atoms with Crippen molar-refractivity contribution in [1.29, 1.82) is 0 Å². The van der Waals surface area contributed by atoms with E-state index in [0.29, 0.717) is 24.1 Å². The summed E-state index contributed by atoms with van der Waals surface area (Å²) < 4.78 is 12.2. The third kappa shape index (κ3) is 4.28. The molecule has 0 bridgehead atoms. The van der Waals surface area contributed by atoms with E-state index in [4.69, 9.17) is 9.15 Å². The van der Waals surface area contributed by atoms with Crippen molar-refractivity contribution in [3.63, 3.8) is 0 Å². The second-order valence-corrected chi connectivity index (χ2v) is 8.14. The van der Waals surface area contributed by atoms with Gasteiger partial charge < -0.3 is 19.4 Å². The molecule has 0 spiro atoms. The highest BCUT2D eigenvalue weighted by atomic mass is 32.1. The van der Waals surface area contributed by atoms with Crippen LogP contribution in [0.2, 0.25) is 0 Å². The lowest BCUT2D eigenvalue weighted by Crippen LogP contribution is -2.30. The Morgan fingerprint density at radius 3 is 3.15 bits per heavy atom. The molecule has 1 N–H and O–H groups in total. The zero-order valence-electron chi connectivity index (χ0n) is 15.4. The van der Waals surface area contributed by atoms with Gasteiger partial charge >= 0.3 is 0 Å². The van der Waals surface area contributed by atoms with Crippen molar-refractivity contribution in [2.24, 2.45) is 5.92 Å². The van der Waals surface area contributed by atoms with Gasteiger partial charge in [-0.1, -0.05) is 0 Å². The minimum absolute atomic E-state index is 0.162. The highest BCUT2D eigenvalue weighted by Crippen LogP contribution is 2.26. The molecule has 0 radical (unpaired) electrons. The first-order valence-corrected chi connectivity index (χ1v) is 9.79. The maximum atomic E-state index is 12.2. The van der Waals surface area contributed by atoms with Crippen LogP contribution in [-0.4, -0.2) is 47.5 Å². The molecule has 1 fully saturated rings. The number of hydrogen-bond acceptors (Lipinski definition) is 7. The lowest BCUT2D eigenvalue weighted by Gasteiger charge is -2.10. The number of thiazole rings is 1. The minimum atomic E-state index is -0.209. The molecule has 3 aromatic rings. The molecule has 27 heavy (non-hydrogen) atoms. The van der Waals surface area contributed by atoms with Crippen molar-refractivity contribution < 1.29 is 13.9 Å². The van der Waals surface area contributed by atoms with Crippen molar-refractivity contribution >= 4 is 27.5 Å². The molecule has 8 heteroatoms. The van der Waals surface area contributed by atoms with E-state index in [1.165, 1.54) is 6.26 Å². The predicted molar refractivity (Wildman–Crippen MR) is 103 cm³/mol.